The van der Waals surface area contributed by atoms with Crippen LogP contribution in [0.3, 0.4) is 0 Å². The quantitative estimate of drug-likeness (QED) is 0.713. The Labute approximate surface area is 162 Å². The summed E-state index contributed by atoms with van der Waals surface area (Å²) in [6.07, 6.45) is 3.58. The van der Waals surface area contributed by atoms with E-state index < -0.39 is 5.91 Å². The van der Waals surface area contributed by atoms with E-state index in [4.69, 9.17) is 15.2 Å². The van der Waals surface area contributed by atoms with Gasteiger partial charge in [0.25, 0.3) is 5.91 Å². The number of nitrogens with two attached hydrogens (primary N) is 1. The first-order valence-electron chi connectivity index (χ1n) is 9.49. The van der Waals surface area contributed by atoms with Crippen LogP contribution in [0, 0.1) is 0 Å². The van der Waals surface area contributed by atoms with Crippen LogP contribution in [-0.4, -0.2) is 54.3 Å². The number of amides is 1. The van der Waals surface area contributed by atoms with E-state index in [1.54, 1.807) is 0 Å². The minimum atomic E-state index is -0.544. The van der Waals surface area contributed by atoms with Gasteiger partial charge in [0, 0.05) is 30.5 Å². The van der Waals surface area contributed by atoms with Crippen molar-refractivity contribution in [2.75, 3.05) is 41.9 Å². The zero-order chi connectivity index (χ0) is 19.1. The van der Waals surface area contributed by atoms with Crippen molar-refractivity contribution in [1.82, 2.24) is 9.97 Å². The third kappa shape index (κ3) is 3.29. The fraction of sp³-hybridized carbons (Fsp3) is 0.421. The zero-order valence-electron chi connectivity index (χ0n) is 15.4. The third-order valence-corrected chi connectivity index (χ3v) is 5.16. The topological polar surface area (TPSA) is 115 Å². The molecule has 0 radical (unpaired) electrons. The van der Waals surface area contributed by atoms with Gasteiger partial charge < -0.3 is 30.7 Å². The number of morpholine rings is 1. The summed E-state index contributed by atoms with van der Waals surface area (Å²) in [5.41, 5.74) is 7.62. The first kappa shape index (κ1) is 17.1. The lowest BCUT2D eigenvalue weighted by Gasteiger charge is -2.41. The Bertz CT molecular complexity index is 917. The molecule has 1 saturated heterocycles. The molecule has 146 valence electrons. The number of nitrogens with one attached hydrogen (secondary N) is 2. The smallest absolute Gasteiger partial charge is 0.254 e. The second-order valence-corrected chi connectivity index (χ2v) is 7.28. The second-order valence-electron chi connectivity index (χ2n) is 7.28. The Morgan fingerprint density at radius 3 is 3.00 bits per heavy atom. The average molecular weight is 382 g/mol. The molecule has 3 heterocycles. The van der Waals surface area contributed by atoms with Crippen LogP contribution in [0.15, 0.2) is 24.4 Å². The Morgan fingerprint density at radius 1 is 1.29 bits per heavy atom. The largest absolute Gasteiger partial charge is 0.489 e. The molecule has 1 amide bonds. The minimum absolute atomic E-state index is 0.265. The van der Waals surface area contributed by atoms with E-state index in [1.165, 1.54) is 6.20 Å². The molecule has 0 spiro atoms. The van der Waals surface area contributed by atoms with E-state index in [9.17, 15) is 4.79 Å². The van der Waals surface area contributed by atoms with Crippen LogP contribution in [0.4, 0.5) is 23.1 Å². The van der Waals surface area contributed by atoms with Crippen molar-refractivity contribution in [2.24, 2.45) is 5.73 Å². The number of aromatic nitrogens is 2. The number of ether oxygens (including phenoxy) is 2. The van der Waals surface area contributed by atoms with Gasteiger partial charge >= 0.3 is 0 Å². The average Bonchev–Trinajstić information content (AvgIpc) is 3.52. The number of carbonyl (C=O) groups excluding carboxylic acids is 1. The fourth-order valence-electron chi connectivity index (χ4n) is 3.52. The van der Waals surface area contributed by atoms with Crippen molar-refractivity contribution < 1.29 is 14.3 Å². The Balaban J connectivity index is 1.38. The number of nitrogens with zero attached hydrogens (tertiary/aromatic N) is 3. The normalized spacial score (nSPS) is 20.6. The van der Waals surface area contributed by atoms with Gasteiger partial charge in [-0.3, -0.25) is 4.79 Å². The fourth-order valence-corrected chi connectivity index (χ4v) is 3.52. The molecule has 1 unspecified atom stereocenters. The van der Waals surface area contributed by atoms with Crippen LogP contribution in [0.5, 0.6) is 5.75 Å². The number of primary amides is 1. The van der Waals surface area contributed by atoms with E-state index in [-0.39, 0.29) is 6.04 Å². The van der Waals surface area contributed by atoms with Crippen molar-refractivity contribution >= 4 is 29.0 Å². The zero-order valence-corrected chi connectivity index (χ0v) is 15.4. The number of hydrogen-bond acceptors (Lipinski definition) is 8. The Hall–Kier alpha value is -3.07. The van der Waals surface area contributed by atoms with Gasteiger partial charge in [0.15, 0.2) is 0 Å². The van der Waals surface area contributed by atoms with Crippen LogP contribution in [0.25, 0.3) is 0 Å². The van der Waals surface area contributed by atoms with Gasteiger partial charge in [0.1, 0.15) is 18.2 Å². The summed E-state index contributed by atoms with van der Waals surface area (Å²) in [4.78, 5) is 22.6. The van der Waals surface area contributed by atoms with Crippen molar-refractivity contribution in [2.45, 2.75) is 24.9 Å². The molecule has 9 heteroatoms. The molecule has 28 heavy (non-hydrogen) atoms. The molecule has 3 aliphatic rings. The molecule has 1 aromatic carbocycles. The predicted molar refractivity (Wildman–Crippen MR) is 104 cm³/mol. The van der Waals surface area contributed by atoms with Gasteiger partial charge in [-0.25, -0.2) is 4.98 Å². The highest BCUT2D eigenvalue weighted by atomic mass is 16.5. The summed E-state index contributed by atoms with van der Waals surface area (Å²) < 4.78 is 11.5. The lowest BCUT2D eigenvalue weighted by Crippen LogP contribution is -2.51. The summed E-state index contributed by atoms with van der Waals surface area (Å²) >= 11 is 0. The summed E-state index contributed by atoms with van der Waals surface area (Å²) in [6.45, 7) is 2.89. The third-order valence-electron chi connectivity index (χ3n) is 5.16. The lowest BCUT2D eigenvalue weighted by atomic mass is 10.1. The van der Waals surface area contributed by atoms with Gasteiger partial charge in [-0.15, -0.1) is 0 Å². The number of anilines is 4. The Morgan fingerprint density at radius 2 is 2.18 bits per heavy atom. The van der Waals surface area contributed by atoms with Gasteiger partial charge in [-0.05, 0) is 25.0 Å². The predicted octanol–water partition coefficient (Wildman–Crippen LogP) is 1.49. The van der Waals surface area contributed by atoms with E-state index in [1.807, 2.05) is 18.2 Å². The van der Waals surface area contributed by atoms with E-state index in [0.717, 1.165) is 43.1 Å². The molecule has 2 aliphatic heterocycles. The number of rotatable bonds is 5. The number of benzene rings is 1. The maximum absolute atomic E-state index is 11.6. The number of carbonyl (C=O) groups is 1. The molecule has 1 aromatic heterocycles. The molecule has 1 saturated carbocycles. The highest BCUT2D eigenvalue weighted by Crippen LogP contribution is 2.37. The van der Waals surface area contributed by atoms with Gasteiger partial charge in [0.05, 0.1) is 30.5 Å². The first-order chi connectivity index (χ1) is 13.7. The minimum Gasteiger partial charge on any atom is -0.489 e. The summed E-state index contributed by atoms with van der Waals surface area (Å²) in [6, 6.07) is 6.57. The molecule has 1 aliphatic carbocycles. The van der Waals surface area contributed by atoms with E-state index in [0.29, 0.717) is 36.6 Å². The molecule has 4 N–H and O–H groups in total. The van der Waals surface area contributed by atoms with Gasteiger partial charge in [-0.1, -0.05) is 0 Å². The van der Waals surface area contributed by atoms with Gasteiger partial charge in [0.2, 0.25) is 5.95 Å². The molecule has 0 bridgehead atoms. The molecule has 5 rings (SSSR count). The van der Waals surface area contributed by atoms with Crippen molar-refractivity contribution in [3.8, 4) is 5.75 Å². The summed E-state index contributed by atoms with van der Waals surface area (Å²) in [5, 5.41) is 6.43. The molecular formula is C19H22N6O3. The van der Waals surface area contributed by atoms with Crippen molar-refractivity contribution in [3.05, 3.63) is 30.0 Å². The number of fused-ring (bicyclic) bond motifs is 3. The van der Waals surface area contributed by atoms with E-state index >= 15 is 0 Å². The van der Waals surface area contributed by atoms with Crippen LogP contribution in [0.1, 0.15) is 23.2 Å². The Kier molecular flexibility index (Phi) is 4.16. The van der Waals surface area contributed by atoms with Crippen LogP contribution in [0.2, 0.25) is 0 Å². The first-order valence-corrected chi connectivity index (χ1v) is 9.49. The molecule has 2 fully saturated rings. The molecule has 2 aromatic rings. The molecular weight excluding hydrogens is 360 g/mol. The SMILES string of the molecule is NC(=O)c1cnc(Nc2ccc3c(c2)OCC2COCCN32)nc1NC1CC1. The summed E-state index contributed by atoms with van der Waals surface area (Å²) in [5.74, 6) is 1.15. The van der Waals surface area contributed by atoms with Crippen LogP contribution in [-0.2, 0) is 4.74 Å². The summed E-state index contributed by atoms with van der Waals surface area (Å²) in [7, 11) is 0. The van der Waals surface area contributed by atoms with Crippen LogP contribution < -0.4 is 26.0 Å². The molecule has 1 atom stereocenters. The monoisotopic (exact) mass is 382 g/mol. The maximum atomic E-state index is 11.6. The van der Waals surface area contributed by atoms with E-state index in [2.05, 4.69) is 25.5 Å². The maximum Gasteiger partial charge on any atom is 0.254 e. The van der Waals surface area contributed by atoms with Gasteiger partial charge in [-0.2, -0.15) is 4.98 Å². The highest BCUT2D eigenvalue weighted by Gasteiger charge is 2.30. The van der Waals surface area contributed by atoms with Crippen LogP contribution >= 0.6 is 0 Å². The standard InChI is InChI=1S/C19H22N6O3/c20-17(26)14-8-21-19(24-18(14)22-11-1-2-11)23-12-3-4-15-16(7-12)28-10-13-9-27-6-5-25(13)15/h3-4,7-8,11,13H,1-2,5-6,9-10H2,(H2,20,26)(H2,21,22,23,24). The van der Waals surface area contributed by atoms with Crippen molar-refractivity contribution in [1.29, 1.82) is 0 Å². The van der Waals surface area contributed by atoms with Crippen molar-refractivity contribution in [3.63, 3.8) is 0 Å². The highest BCUT2D eigenvalue weighted by molar-refractivity contribution is 5.97. The number of hydrogen-bond donors (Lipinski definition) is 3. The molecule has 9 nitrogen and oxygen atoms in total. The lowest BCUT2D eigenvalue weighted by molar-refractivity contribution is 0.0705. The second kappa shape index (κ2) is 6.83.